The molecule has 0 radical (unpaired) electrons. The first-order valence-corrected chi connectivity index (χ1v) is 14.0. The lowest BCUT2D eigenvalue weighted by atomic mass is 9.80. The van der Waals surface area contributed by atoms with Crippen LogP contribution in [0.15, 0.2) is 0 Å². The third-order valence-corrected chi connectivity index (χ3v) is 9.13. The number of hydrogen-bond acceptors (Lipinski definition) is 5. The molecule has 34 heavy (non-hydrogen) atoms. The molecule has 2 fully saturated rings. The molecule has 7 nitrogen and oxygen atoms in total. The molecular weight excluding hydrogens is 446 g/mol. The van der Waals surface area contributed by atoms with Crippen molar-refractivity contribution in [3.8, 4) is 0 Å². The lowest BCUT2D eigenvalue weighted by Crippen LogP contribution is -2.43. The van der Waals surface area contributed by atoms with E-state index in [-0.39, 0.29) is 34.9 Å². The number of thioether (sulfide) groups is 1. The van der Waals surface area contributed by atoms with E-state index < -0.39 is 5.41 Å². The van der Waals surface area contributed by atoms with Crippen LogP contribution in [-0.2, 0) is 4.79 Å². The summed E-state index contributed by atoms with van der Waals surface area (Å²) in [6.45, 7) is 18.7. The Balaban J connectivity index is 1.73. The fraction of sp³-hybridized carbons (Fsp3) is 0.923. The lowest BCUT2D eigenvalue weighted by molar-refractivity contribution is -0.130. The summed E-state index contributed by atoms with van der Waals surface area (Å²) >= 11 is 1.94. The van der Waals surface area contributed by atoms with Gasteiger partial charge in [-0.3, -0.25) is 4.79 Å². The molecule has 5 N–H and O–H groups in total. The van der Waals surface area contributed by atoms with Crippen LogP contribution in [0.4, 0.5) is 4.79 Å². The molecule has 2 aliphatic heterocycles. The topological polar surface area (TPSA) is 99.5 Å². The second kappa shape index (κ2) is 11.8. The number of nitrogens with two attached hydrogens (primary N) is 1. The molecule has 198 valence electrons. The highest BCUT2D eigenvalue weighted by Crippen LogP contribution is 2.37. The Morgan fingerprint density at radius 3 is 2.38 bits per heavy atom. The maximum Gasteiger partial charge on any atom is 0.315 e. The molecule has 0 aromatic carbocycles. The van der Waals surface area contributed by atoms with Crippen LogP contribution < -0.4 is 21.7 Å². The van der Waals surface area contributed by atoms with E-state index in [1.165, 1.54) is 0 Å². The SMILES string of the molecule is CC(C[C@@H]1SC[C@@H]2NC(=O)N[C@@H]21)CC(C)(C)C(=O)NCC(C)(C)CCN(C)CCC(C)(C)CN. The Hall–Kier alpha value is -0.990. The largest absolute Gasteiger partial charge is 0.355 e. The average molecular weight is 498 g/mol. The van der Waals surface area contributed by atoms with Crippen LogP contribution in [0.25, 0.3) is 0 Å². The van der Waals surface area contributed by atoms with Gasteiger partial charge in [-0.05, 0) is 69.1 Å². The van der Waals surface area contributed by atoms with Crippen molar-refractivity contribution in [1.82, 2.24) is 20.9 Å². The number of fused-ring (bicyclic) bond motifs is 1. The Morgan fingerprint density at radius 2 is 1.76 bits per heavy atom. The molecule has 2 aliphatic rings. The molecule has 0 spiro atoms. The van der Waals surface area contributed by atoms with Crippen molar-refractivity contribution in [2.75, 3.05) is 39.0 Å². The van der Waals surface area contributed by atoms with Crippen LogP contribution in [0.3, 0.4) is 0 Å². The Labute approximate surface area is 212 Å². The molecule has 0 saturated carbocycles. The van der Waals surface area contributed by atoms with Gasteiger partial charge < -0.3 is 26.6 Å². The van der Waals surface area contributed by atoms with Gasteiger partial charge in [0.1, 0.15) is 0 Å². The van der Waals surface area contributed by atoms with E-state index in [0.29, 0.717) is 24.3 Å². The summed E-state index contributed by atoms with van der Waals surface area (Å²) in [6, 6.07) is 0.428. The summed E-state index contributed by atoms with van der Waals surface area (Å²) in [4.78, 5) is 27.1. The van der Waals surface area contributed by atoms with Gasteiger partial charge >= 0.3 is 6.03 Å². The molecule has 2 heterocycles. The first-order valence-electron chi connectivity index (χ1n) is 13.0. The Morgan fingerprint density at radius 1 is 1.15 bits per heavy atom. The highest BCUT2D eigenvalue weighted by Gasteiger charge is 2.44. The molecule has 0 bridgehead atoms. The van der Waals surface area contributed by atoms with Crippen LogP contribution in [0, 0.1) is 22.2 Å². The molecule has 8 heteroatoms. The van der Waals surface area contributed by atoms with Crippen molar-refractivity contribution >= 4 is 23.7 Å². The number of nitrogens with zero attached hydrogens (tertiary/aromatic N) is 1. The van der Waals surface area contributed by atoms with Gasteiger partial charge in [0.05, 0.1) is 12.1 Å². The summed E-state index contributed by atoms with van der Waals surface area (Å²) < 4.78 is 0. The van der Waals surface area contributed by atoms with Crippen LogP contribution in [0.2, 0.25) is 0 Å². The number of amides is 3. The second-order valence-electron chi connectivity index (χ2n) is 13.1. The molecule has 0 aromatic heterocycles. The van der Waals surface area contributed by atoms with Gasteiger partial charge in [-0.25, -0.2) is 4.79 Å². The third kappa shape index (κ3) is 8.90. The van der Waals surface area contributed by atoms with E-state index in [1.807, 2.05) is 11.8 Å². The van der Waals surface area contributed by atoms with E-state index in [2.05, 4.69) is 76.4 Å². The molecule has 4 atom stereocenters. The lowest BCUT2D eigenvalue weighted by Gasteiger charge is -2.32. The monoisotopic (exact) mass is 497 g/mol. The predicted octanol–water partition coefficient (Wildman–Crippen LogP) is 3.43. The van der Waals surface area contributed by atoms with Crippen LogP contribution in [0.5, 0.6) is 0 Å². The highest BCUT2D eigenvalue weighted by molar-refractivity contribution is 8.00. The summed E-state index contributed by atoms with van der Waals surface area (Å²) in [5.41, 5.74) is 5.66. The van der Waals surface area contributed by atoms with Gasteiger partial charge in [-0.2, -0.15) is 11.8 Å². The summed E-state index contributed by atoms with van der Waals surface area (Å²) in [5.74, 6) is 1.52. The first kappa shape index (κ1) is 29.2. The molecular formula is C26H51N5O2S. The van der Waals surface area contributed by atoms with E-state index in [4.69, 9.17) is 5.73 Å². The van der Waals surface area contributed by atoms with Crippen molar-refractivity contribution in [3.05, 3.63) is 0 Å². The van der Waals surface area contributed by atoms with E-state index >= 15 is 0 Å². The van der Waals surface area contributed by atoms with Crippen molar-refractivity contribution in [2.45, 2.75) is 91.5 Å². The van der Waals surface area contributed by atoms with Crippen LogP contribution in [0.1, 0.15) is 74.1 Å². The van der Waals surface area contributed by atoms with Gasteiger partial charge in [-0.15, -0.1) is 0 Å². The number of rotatable bonds is 14. The minimum absolute atomic E-state index is 0.0399. The average Bonchev–Trinajstić information content (AvgIpc) is 3.28. The quantitative estimate of drug-likeness (QED) is 0.276. The minimum Gasteiger partial charge on any atom is -0.355 e. The molecule has 3 amide bonds. The summed E-state index contributed by atoms with van der Waals surface area (Å²) in [7, 11) is 2.17. The highest BCUT2D eigenvalue weighted by atomic mass is 32.2. The van der Waals surface area contributed by atoms with Crippen LogP contribution in [-0.4, -0.2) is 73.2 Å². The molecule has 0 aliphatic carbocycles. The number of carbonyl (C=O) groups is 2. The minimum atomic E-state index is -0.417. The maximum atomic E-state index is 13.1. The number of carbonyl (C=O) groups excluding carboxylic acids is 2. The zero-order valence-electron chi connectivity index (χ0n) is 22.9. The van der Waals surface area contributed by atoms with E-state index in [0.717, 1.165) is 44.5 Å². The fourth-order valence-corrected chi connectivity index (χ4v) is 6.56. The van der Waals surface area contributed by atoms with Gasteiger partial charge in [-0.1, -0.05) is 48.5 Å². The summed E-state index contributed by atoms with van der Waals surface area (Å²) in [5, 5.41) is 9.75. The Bertz CT molecular complexity index is 697. The van der Waals surface area contributed by atoms with Crippen molar-refractivity contribution in [2.24, 2.45) is 27.9 Å². The Kier molecular flexibility index (Phi) is 10.2. The smallest absolute Gasteiger partial charge is 0.315 e. The van der Waals surface area contributed by atoms with Gasteiger partial charge in [0.15, 0.2) is 0 Å². The fourth-order valence-electron chi connectivity index (χ4n) is 4.89. The number of hydrogen-bond donors (Lipinski definition) is 4. The molecule has 1 unspecified atom stereocenters. The van der Waals surface area contributed by atoms with Crippen molar-refractivity contribution in [1.29, 1.82) is 0 Å². The normalized spacial score (nSPS) is 24.1. The maximum absolute atomic E-state index is 13.1. The zero-order valence-corrected chi connectivity index (χ0v) is 23.7. The van der Waals surface area contributed by atoms with E-state index in [1.54, 1.807) is 0 Å². The third-order valence-electron chi connectivity index (χ3n) is 7.67. The number of urea groups is 1. The second-order valence-corrected chi connectivity index (χ2v) is 14.3. The van der Waals surface area contributed by atoms with Crippen molar-refractivity contribution < 1.29 is 9.59 Å². The van der Waals surface area contributed by atoms with Gasteiger partial charge in [0, 0.05) is 23.0 Å². The van der Waals surface area contributed by atoms with E-state index in [9.17, 15) is 9.59 Å². The molecule has 2 saturated heterocycles. The standard InChI is InChI=1S/C26H51N5O2S/c1-18(13-20-21-19(15-34-20)29-23(33)30-21)14-26(6,7)22(32)28-17-25(4,5)10-12-31(8)11-9-24(2,3)16-27/h18-21H,9-17,27H2,1-8H3,(H,28,32)(H2,29,30,33)/t18?,19-,20-,21-/m0/s1. The van der Waals surface area contributed by atoms with Gasteiger partial charge in [0.25, 0.3) is 0 Å². The zero-order chi connectivity index (χ0) is 25.7. The first-order chi connectivity index (χ1) is 15.6. The predicted molar refractivity (Wildman–Crippen MR) is 144 cm³/mol. The summed E-state index contributed by atoms with van der Waals surface area (Å²) in [6.07, 6.45) is 3.98. The molecule has 0 aromatic rings. The number of nitrogens with one attached hydrogen (secondary N) is 3. The molecule has 2 rings (SSSR count). The van der Waals surface area contributed by atoms with Gasteiger partial charge in [0.2, 0.25) is 5.91 Å². The van der Waals surface area contributed by atoms with Crippen LogP contribution >= 0.6 is 11.8 Å². The van der Waals surface area contributed by atoms with Crippen molar-refractivity contribution in [3.63, 3.8) is 0 Å².